The number of carbonyl (C=O) groups is 2. The number of amides is 1. The number of hydrogen-bond donors (Lipinski definition) is 1. The first-order valence-corrected chi connectivity index (χ1v) is 9.95. The molecule has 1 aromatic heterocycles. The van der Waals surface area contributed by atoms with Crippen molar-refractivity contribution in [2.75, 3.05) is 25.1 Å². The molecule has 29 heavy (non-hydrogen) atoms. The van der Waals surface area contributed by atoms with Gasteiger partial charge in [-0.25, -0.2) is 9.78 Å². The van der Waals surface area contributed by atoms with E-state index in [-0.39, 0.29) is 6.61 Å². The molecule has 0 aliphatic rings. The summed E-state index contributed by atoms with van der Waals surface area (Å²) >= 11 is 1.38. The number of benzene rings is 2. The number of fused-ring (bicyclic) bond motifs is 1. The summed E-state index contributed by atoms with van der Waals surface area (Å²) in [5.74, 6) is -0.124. The van der Waals surface area contributed by atoms with Crippen LogP contribution in [0.2, 0.25) is 0 Å². The molecule has 0 fully saturated rings. The second kappa shape index (κ2) is 9.38. The zero-order chi connectivity index (χ0) is 20.8. The number of nitrogens with one attached hydrogen (secondary N) is 1. The second-order valence-electron chi connectivity index (χ2n) is 6.32. The number of nitrogens with zero attached hydrogens (tertiary/aromatic N) is 1. The van der Waals surface area contributed by atoms with Crippen LogP contribution in [-0.2, 0) is 14.3 Å². The molecule has 3 aromatic rings. The number of aromatic nitrogens is 1. The van der Waals surface area contributed by atoms with Gasteiger partial charge in [0.2, 0.25) is 0 Å². The average molecular weight is 414 g/mol. The van der Waals surface area contributed by atoms with Gasteiger partial charge in [0, 0.05) is 0 Å². The van der Waals surface area contributed by atoms with Crippen LogP contribution in [0, 0.1) is 13.8 Å². The van der Waals surface area contributed by atoms with E-state index >= 15 is 0 Å². The van der Waals surface area contributed by atoms with Crippen LogP contribution in [0.5, 0.6) is 11.5 Å². The molecule has 0 aliphatic carbocycles. The first kappa shape index (κ1) is 20.6. The molecule has 0 aliphatic heterocycles. The molecule has 0 saturated carbocycles. The summed E-state index contributed by atoms with van der Waals surface area (Å²) in [5.41, 5.74) is 3.04. The highest BCUT2D eigenvalue weighted by Gasteiger charge is 2.13. The van der Waals surface area contributed by atoms with Crippen LogP contribution in [0.1, 0.15) is 18.1 Å². The first-order chi connectivity index (χ1) is 14.0. The third-order valence-corrected chi connectivity index (χ3v) is 4.85. The molecule has 8 heteroatoms. The maximum Gasteiger partial charge on any atom is 0.344 e. The fourth-order valence-electron chi connectivity index (χ4n) is 2.75. The first-order valence-electron chi connectivity index (χ1n) is 9.14. The smallest absolute Gasteiger partial charge is 0.344 e. The zero-order valence-electron chi connectivity index (χ0n) is 16.5. The third kappa shape index (κ3) is 5.45. The van der Waals surface area contributed by atoms with E-state index in [0.29, 0.717) is 23.2 Å². The molecule has 0 spiro atoms. The van der Waals surface area contributed by atoms with Gasteiger partial charge in [0.05, 0.1) is 16.8 Å². The quantitative estimate of drug-likeness (QED) is 0.563. The highest BCUT2D eigenvalue weighted by molar-refractivity contribution is 7.22. The summed E-state index contributed by atoms with van der Waals surface area (Å²) in [6.07, 6.45) is 0. The summed E-state index contributed by atoms with van der Waals surface area (Å²) in [6, 6.07) is 11.1. The molecule has 1 amide bonds. The largest absolute Gasteiger partial charge is 0.490 e. The van der Waals surface area contributed by atoms with E-state index in [1.54, 1.807) is 18.2 Å². The lowest BCUT2D eigenvalue weighted by atomic mass is 10.1. The lowest BCUT2D eigenvalue weighted by Crippen LogP contribution is -2.23. The fourth-order valence-corrected chi connectivity index (χ4v) is 3.81. The average Bonchev–Trinajstić information content (AvgIpc) is 3.08. The maximum atomic E-state index is 12.1. The predicted molar refractivity (Wildman–Crippen MR) is 112 cm³/mol. The molecule has 7 nitrogen and oxygen atoms in total. The van der Waals surface area contributed by atoms with E-state index in [1.165, 1.54) is 11.3 Å². The molecule has 0 bridgehead atoms. The molecule has 0 atom stereocenters. The number of hydrogen-bond acceptors (Lipinski definition) is 7. The van der Waals surface area contributed by atoms with E-state index < -0.39 is 18.5 Å². The Morgan fingerprint density at radius 1 is 1.07 bits per heavy atom. The maximum absolute atomic E-state index is 12.1. The van der Waals surface area contributed by atoms with Crippen LogP contribution in [0.3, 0.4) is 0 Å². The van der Waals surface area contributed by atoms with E-state index in [1.807, 2.05) is 39.0 Å². The van der Waals surface area contributed by atoms with Crippen molar-refractivity contribution >= 4 is 38.6 Å². The molecule has 3 rings (SSSR count). The van der Waals surface area contributed by atoms with Crippen LogP contribution in [0.15, 0.2) is 36.4 Å². The molecule has 1 N–H and O–H groups in total. The summed E-state index contributed by atoms with van der Waals surface area (Å²) in [5, 5.41) is 3.13. The van der Waals surface area contributed by atoms with Crippen molar-refractivity contribution in [2.24, 2.45) is 0 Å². The number of aryl methyl sites for hydroxylation is 2. The summed E-state index contributed by atoms with van der Waals surface area (Å²) < 4.78 is 16.8. The number of ether oxygens (including phenoxy) is 3. The highest BCUT2D eigenvalue weighted by Crippen LogP contribution is 2.29. The van der Waals surface area contributed by atoms with Crippen molar-refractivity contribution in [1.29, 1.82) is 0 Å². The second-order valence-corrected chi connectivity index (χ2v) is 7.36. The minimum atomic E-state index is -0.651. The number of esters is 1. The Bertz CT molecular complexity index is 1030. The Morgan fingerprint density at radius 3 is 2.52 bits per heavy atom. The predicted octanol–water partition coefficient (Wildman–Crippen LogP) is 3.87. The van der Waals surface area contributed by atoms with Gasteiger partial charge in [0.25, 0.3) is 5.91 Å². The summed E-state index contributed by atoms with van der Waals surface area (Å²) in [7, 11) is 0. The molecule has 0 unspecified atom stereocenters. The molecule has 1 heterocycles. The minimum Gasteiger partial charge on any atom is -0.490 e. The monoisotopic (exact) mass is 414 g/mol. The highest BCUT2D eigenvalue weighted by atomic mass is 32.1. The van der Waals surface area contributed by atoms with Crippen molar-refractivity contribution in [3.8, 4) is 11.5 Å². The van der Waals surface area contributed by atoms with Gasteiger partial charge in [-0.1, -0.05) is 29.5 Å². The van der Waals surface area contributed by atoms with E-state index in [0.717, 1.165) is 21.3 Å². The SMILES string of the molecule is CCOc1ccccc1OCC(=O)OCC(=O)Nc1nc2c(C)cc(C)cc2s1. The molecule has 2 aromatic carbocycles. The topological polar surface area (TPSA) is 86.8 Å². The Balaban J connectivity index is 1.49. The number of anilines is 1. The standard InChI is InChI=1S/C21H22N2O5S/c1-4-26-15-7-5-6-8-16(15)27-12-19(25)28-11-18(24)22-21-23-20-14(3)9-13(2)10-17(20)29-21/h5-10H,4,11-12H2,1-3H3,(H,22,23,24). The van der Waals surface area contributed by atoms with Crippen molar-refractivity contribution in [3.05, 3.63) is 47.5 Å². The van der Waals surface area contributed by atoms with Gasteiger partial charge < -0.3 is 14.2 Å². The number of carbonyl (C=O) groups excluding carboxylic acids is 2. The van der Waals surface area contributed by atoms with Crippen molar-refractivity contribution in [1.82, 2.24) is 4.98 Å². The van der Waals surface area contributed by atoms with Crippen LogP contribution >= 0.6 is 11.3 Å². The lowest BCUT2D eigenvalue weighted by molar-refractivity contribution is -0.149. The van der Waals surface area contributed by atoms with Crippen LogP contribution < -0.4 is 14.8 Å². The Labute approximate surface area is 172 Å². The number of para-hydroxylation sites is 2. The molecular weight excluding hydrogens is 392 g/mol. The zero-order valence-corrected chi connectivity index (χ0v) is 17.3. The molecule has 152 valence electrons. The Hall–Kier alpha value is -3.13. The van der Waals surface area contributed by atoms with Crippen LogP contribution in [-0.4, -0.2) is 36.7 Å². The van der Waals surface area contributed by atoms with Gasteiger partial charge in [0.1, 0.15) is 0 Å². The summed E-state index contributed by atoms with van der Waals surface area (Å²) in [4.78, 5) is 28.4. The molecule has 0 radical (unpaired) electrons. The molecular formula is C21H22N2O5S. The number of rotatable bonds is 8. The van der Waals surface area contributed by atoms with Gasteiger partial charge in [-0.05, 0) is 50.1 Å². The van der Waals surface area contributed by atoms with Crippen LogP contribution in [0.4, 0.5) is 5.13 Å². The minimum absolute atomic E-state index is 0.322. The summed E-state index contributed by atoms with van der Waals surface area (Å²) in [6.45, 7) is 5.60. The van der Waals surface area contributed by atoms with Gasteiger partial charge in [-0.3, -0.25) is 10.1 Å². The third-order valence-electron chi connectivity index (χ3n) is 3.93. The van der Waals surface area contributed by atoms with E-state index in [4.69, 9.17) is 14.2 Å². The van der Waals surface area contributed by atoms with E-state index in [9.17, 15) is 9.59 Å². The lowest BCUT2D eigenvalue weighted by Gasteiger charge is -2.11. The van der Waals surface area contributed by atoms with Crippen molar-refractivity contribution in [2.45, 2.75) is 20.8 Å². The Kier molecular flexibility index (Phi) is 6.66. The Morgan fingerprint density at radius 2 is 1.79 bits per heavy atom. The van der Waals surface area contributed by atoms with Crippen molar-refractivity contribution in [3.63, 3.8) is 0 Å². The van der Waals surface area contributed by atoms with Gasteiger partial charge >= 0.3 is 5.97 Å². The van der Waals surface area contributed by atoms with Gasteiger partial charge in [-0.2, -0.15) is 0 Å². The normalized spacial score (nSPS) is 10.6. The van der Waals surface area contributed by atoms with Crippen LogP contribution in [0.25, 0.3) is 10.2 Å². The fraction of sp³-hybridized carbons (Fsp3) is 0.286. The molecule has 0 saturated heterocycles. The van der Waals surface area contributed by atoms with Gasteiger partial charge in [0.15, 0.2) is 29.8 Å². The van der Waals surface area contributed by atoms with E-state index in [2.05, 4.69) is 10.3 Å². The van der Waals surface area contributed by atoms with Crippen molar-refractivity contribution < 1.29 is 23.8 Å². The van der Waals surface area contributed by atoms with Gasteiger partial charge in [-0.15, -0.1) is 0 Å². The number of thiazole rings is 1.